The molecule has 3 aromatic carbocycles. The molecule has 1 N–H and O–H groups in total. The third-order valence-electron chi connectivity index (χ3n) is 6.31. The van der Waals surface area contributed by atoms with Crippen molar-refractivity contribution in [2.75, 3.05) is 24.4 Å². The molecule has 170 valence electrons. The Kier molecular flexibility index (Phi) is 5.64. The van der Waals surface area contributed by atoms with Gasteiger partial charge in [0.05, 0.1) is 0 Å². The van der Waals surface area contributed by atoms with Crippen LogP contribution in [-0.2, 0) is 23.0 Å². The van der Waals surface area contributed by atoms with Gasteiger partial charge in [0.15, 0.2) is 0 Å². The van der Waals surface area contributed by atoms with Crippen molar-refractivity contribution in [3.63, 3.8) is 0 Å². The Labute approximate surface area is 192 Å². The fourth-order valence-electron chi connectivity index (χ4n) is 4.45. The van der Waals surface area contributed by atoms with Crippen LogP contribution in [0, 0.1) is 5.82 Å². The first-order valence-corrected chi connectivity index (χ1v) is 12.4. The van der Waals surface area contributed by atoms with Crippen molar-refractivity contribution in [2.45, 2.75) is 23.9 Å². The highest BCUT2D eigenvalue weighted by Crippen LogP contribution is 2.26. The predicted molar refractivity (Wildman–Crippen MR) is 124 cm³/mol. The summed E-state index contributed by atoms with van der Waals surface area (Å²) >= 11 is 0. The highest BCUT2D eigenvalue weighted by molar-refractivity contribution is 7.92. The molecular weight excluding hydrogens is 441 g/mol. The summed E-state index contributed by atoms with van der Waals surface area (Å²) in [4.78, 5) is 16.7. The molecule has 33 heavy (non-hydrogen) atoms. The van der Waals surface area contributed by atoms with E-state index in [-0.39, 0.29) is 11.6 Å². The van der Waals surface area contributed by atoms with Crippen LogP contribution in [0.1, 0.15) is 21.5 Å². The maximum Gasteiger partial charge on any atom is 0.264 e. The number of rotatable bonds is 5. The van der Waals surface area contributed by atoms with Gasteiger partial charge in [-0.05, 0) is 47.9 Å². The number of halogens is 1. The van der Waals surface area contributed by atoms with Crippen molar-refractivity contribution >= 4 is 21.6 Å². The van der Waals surface area contributed by atoms with Crippen LogP contribution in [-0.4, -0.2) is 49.8 Å². The molecule has 0 aliphatic carbocycles. The van der Waals surface area contributed by atoms with Crippen LogP contribution >= 0.6 is 0 Å². The number of benzene rings is 3. The maximum absolute atomic E-state index is 13.9. The molecule has 0 unspecified atom stereocenters. The van der Waals surface area contributed by atoms with Gasteiger partial charge in [-0.2, -0.15) is 0 Å². The predicted octanol–water partition coefficient (Wildman–Crippen LogP) is 3.51. The van der Waals surface area contributed by atoms with Crippen molar-refractivity contribution in [1.82, 2.24) is 9.80 Å². The van der Waals surface area contributed by atoms with E-state index in [0.29, 0.717) is 24.7 Å². The van der Waals surface area contributed by atoms with E-state index in [1.54, 1.807) is 23.1 Å². The molecule has 5 rings (SSSR count). The number of fused-ring (bicyclic) bond motifs is 1. The number of hydrogen-bond donors (Lipinski definition) is 1. The molecule has 0 bridgehead atoms. The summed E-state index contributed by atoms with van der Waals surface area (Å²) in [6, 6.07) is 20.3. The van der Waals surface area contributed by atoms with Crippen LogP contribution in [0.5, 0.6) is 0 Å². The molecule has 2 heterocycles. The molecular formula is C25H24FN3O3S. The minimum atomic E-state index is -4.10. The molecule has 0 radical (unpaired) electrons. The number of nitrogens with one attached hydrogen (secondary N) is 1. The molecule has 3 aromatic rings. The molecule has 8 heteroatoms. The van der Waals surface area contributed by atoms with Crippen molar-refractivity contribution in [1.29, 1.82) is 0 Å². The molecule has 2 aliphatic rings. The van der Waals surface area contributed by atoms with Crippen molar-refractivity contribution in [3.8, 4) is 0 Å². The number of hydrogen-bond acceptors (Lipinski definition) is 4. The van der Waals surface area contributed by atoms with Crippen molar-refractivity contribution in [3.05, 3.63) is 95.3 Å². The second kappa shape index (κ2) is 8.61. The first kappa shape index (κ1) is 21.6. The monoisotopic (exact) mass is 465 g/mol. The molecule has 2 aliphatic heterocycles. The van der Waals surface area contributed by atoms with E-state index in [0.717, 1.165) is 25.6 Å². The summed E-state index contributed by atoms with van der Waals surface area (Å²) in [5.74, 6) is -0.972. The molecule has 0 saturated carbocycles. The lowest BCUT2D eigenvalue weighted by Gasteiger charge is -2.47. The Hall–Kier alpha value is -3.23. The summed E-state index contributed by atoms with van der Waals surface area (Å²) < 4.78 is 41.4. The van der Waals surface area contributed by atoms with E-state index in [4.69, 9.17) is 0 Å². The minimum Gasteiger partial charge on any atom is -0.335 e. The van der Waals surface area contributed by atoms with Gasteiger partial charge in [-0.15, -0.1) is 0 Å². The molecule has 0 atom stereocenters. The maximum atomic E-state index is 13.9. The lowest BCUT2D eigenvalue weighted by atomic mass is 9.96. The summed E-state index contributed by atoms with van der Waals surface area (Å²) in [5, 5.41) is 0. The number of sulfonamides is 1. The van der Waals surface area contributed by atoms with Gasteiger partial charge < -0.3 is 4.90 Å². The smallest absolute Gasteiger partial charge is 0.264 e. The Morgan fingerprint density at radius 3 is 2.45 bits per heavy atom. The highest BCUT2D eigenvalue weighted by atomic mass is 32.2. The van der Waals surface area contributed by atoms with E-state index < -0.39 is 20.7 Å². The number of anilines is 1. The SMILES string of the molecule is O=C(c1cccc(NS(=O)(=O)c2ccccc2F)c1)N1CC(N2CCc3ccccc3C2)C1. The normalized spacial score (nSPS) is 16.7. The lowest BCUT2D eigenvalue weighted by Crippen LogP contribution is -2.61. The zero-order valence-corrected chi connectivity index (χ0v) is 18.8. The van der Waals surface area contributed by atoms with Crippen molar-refractivity contribution < 1.29 is 17.6 Å². The minimum absolute atomic E-state index is 0.143. The van der Waals surface area contributed by atoms with Crippen LogP contribution in [0.25, 0.3) is 0 Å². The van der Waals surface area contributed by atoms with Crippen molar-refractivity contribution in [2.24, 2.45) is 0 Å². The summed E-state index contributed by atoms with van der Waals surface area (Å²) in [5.41, 5.74) is 3.36. The quantitative estimate of drug-likeness (QED) is 0.626. The first-order valence-electron chi connectivity index (χ1n) is 10.9. The number of carbonyl (C=O) groups is 1. The van der Waals surface area contributed by atoms with Gasteiger partial charge in [0, 0.05) is 43.5 Å². The zero-order valence-electron chi connectivity index (χ0n) is 17.9. The molecule has 1 saturated heterocycles. The molecule has 0 aromatic heterocycles. The van der Waals surface area contributed by atoms with Crippen LogP contribution < -0.4 is 4.72 Å². The number of amides is 1. The third-order valence-corrected chi connectivity index (χ3v) is 7.73. The highest BCUT2D eigenvalue weighted by Gasteiger charge is 2.36. The van der Waals surface area contributed by atoms with Crippen LogP contribution in [0.4, 0.5) is 10.1 Å². The van der Waals surface area contributed by atoms with Crippen LogP contribution in [0.2, 0.25) is 0 Å². The topological polar surface area (TPSA) is 69.7 Å². The standard InChI is InChI=1S/C25H24FN3O3S/c26-23-10-3-4-11-24(23)33(31,32)27-21-9-5-8-19(14-21)25(30)29-16-22(17-29)28-13-12-18-6-1-2-7-20(18)15-28/h1-11,14,22,27H,12-13,15-17H2. The second-order valence-corrected chi connectivity index (χ2v) is 10.1. The van der Waals surface area contributed by atoms with E-state index in [2.05, 4.69) is 33.9 Å². The first-order chi connectivity index (χ1) is 15.9. The van der Waals surface area contributed by atoms with Gasteiger partial charge in [-0.25, -0.2) is 12.8 Å². The Bertz CT molecular complexity index is 1310. The van der Waals surface area contributed by atoms with E-state index in [9.17, 15) is 17.6 Å². The Morgan fingerprint density at radius 1 is 0.939 bits per heavy atom. The largest absolute Gasteiger partial charge is 0.335 e. The van der Waals surface area contributed by atoms with Crippen LogP contribution in [0.3, 0.4) is 0 Å². The van der Waals surface area contributed by atoms with Gasteiger partial charge in [-0.1, -0.05) is 42.5 Å². The fourth-order valence-corrected chi connectivity index (χ4v) is 5.58. The average Bonchev–Trinajstić information content (AvgIpc) is 2.78. The zero-order chi connectivity index (χ0) is 23.0. The van der Waals surface area contributed by atoms with Gasteiger partial charge in [0.2, 0.25) is 0 Å². The lowest BCUT2D eigenvalue weighted by molar-refractivity contribution is 0.0218. The number of nitrogens with zero attached hydrogens (tertiary/aromatic N) is 2. The summed E-state index contributed by atoms with van der Waals surface area (Å²) in [6.45, 7) is 3.17. The molecule has 0 spiro atoms. The van der Waals surface area contributed by atoms with Crippen LogP contribution in [0.15, 0.2) is 77.7 Å². The van der Waals surface area contributed by atoms with E-state index >= 15 is 0 Å². The van der Waals surface area contributed by atoms with Gasteiger partial charge in [0.25, 0.3) is 15.9 Å². The van der Waals surface area contributed by atoms with Gasteiger partial charge >= 0.3 is 0 Å². The molecule has 1 amide bonds. The molecule has 1 fully saturated rings. The fraction of sp³-hybridized carbons (Fsp3) is 0.240. The van der Waals surface area contributed by atoms with Gasteiger partial charge in [0.1, 0.15) is 10.7 Å². The second-order valence-electron chi connectivity index (χ2n) is 8.47. The number of carbonyl (C=O) groups excluding carboxylic acids is 1. The summed E-state index contributed by atoms with van der Waals surface area (Å²) in [7, 11) is -4.10. The van der Waals surface area contributed by atoms with E-state index in [1.165, 1.54) is 35.4 Å². The Balaban J connectivity index is 1.23. The third kappa shape index (κ3) is 4.36. The van der Waals surface area contributed by atoms with Gasteiger partial charge in [-0.3, -0.25) is 14.4 Å². The van der Waals surface area contributed by atoms with E-state index in [1.807, 2.05) is 0 Å². The average molecular weight is 466 g/mol. The Morgan fingerprint density at radius 2 is 1.67 bits per heavy atom. The summed E-state index contributed by atoms with van der Waals surface area (Å²) in [6.07, 6.45) is 1.02. The molecule has 6 nitrogen and oxygen atoms in total. The number of likely N-dealkylation sites (tertiary alicyclic amines) is 1.